The maximum absolute atomic E-state index is 12.8. The zero-order valence-electron chi connectivity index (χ0n) is 15.0. The molecule has 0 saturated carbocycles. The van der Waals surface area contributed by atoms with Crippen molar-refractivity contribution in [1.82, 2.24) is 5.16 Å². The summed E-state index contributed by atoms with van der Waals surface area (Å²) in [7, 11) is 0. The number of thiophene rings is 1. The molecular weight excluding hydrogens is 352 g/mol. The third kappa shape index (κ3) is 2.94. The normalized spacial score (nSPS) is 18.3. The van der Waals surface area contributed by atoms with Crippen molar-refractivity contribution in [3.05, 3.63) is 33.0 Å². The molecule has 0 bridgehead atoms. The molecule has 4 rings (SSSR count). The Morgan fingerprint density at radius 1 is 1.31 bits per heavy atom. The van der Waals surface area contributed by atoms with Crippen LogP contribution in [0, 0.1) is 5.92 Å². The van der Waals surface area contributed by atoms with Gasteiger partial charge in [-0.25, -0.2) is 4.79 Å². The molecule has 2 aromatic heterocycles. The van der Waals surface area contributed by atoms with Crippen molar-refractivity contribution in [2.75, 3.05) is 11.9 Å². The van der Waals surface area contributed by atoms with E-state index in [2.05, 4.69) is 17.4 Å². The molecule has 26 heavy (non-hydrogen) atoms. The number of nitrogens with one attached hydrogen (secondary N) is 1. The second kappa shape index (κ2) is 6.87. The predicted octanol–water partition coefficient (Wildman–Crippen LogP) is 3.78. The molecule has 138 valence electrons. The Morgan fingerprint density at radius 3 is 2.96 bits per heavy atom. The van der Waals surface area contributed by atoms with Crippen molar-refractivity contribution < 1.29 is 18.8 Å². The number of hydrogen-bond acceptors (Lipinski definition) is 6. The van der Waals surface area contributed by atoms with Gasteiger partial charge in [-0.05, 0) is 50.5 Å². The molecule has 0 radical (unpaired) electrons. The number of esters is 1. The number of aryl methyl sites for hydroxylation is 2. The number of fused-ring (bicyclic) bond motifs is 2. The number of carbonyl (C=O) groups is 2. The lowest BCUT2D eigenvalue weighted by atomic mass is 9.88. The molecule has 2 aliphatic rings. The minimum Gasteiger partial charge on any atom is -0.462 e. The fraction of sp³-hybridized carbons (Fsp3) is 0.526. The van der Waals surface area contributed by atoms with E-state index >= 15 is 0 Å². The summed E-state index contributed by atoms with van der Waals surface area (Å²) in [5.74, 6) is 0.647. The van der Waals surface area contributed by atoms with Gasteiger partial charge in [-0.3, -0.25) is 4.79 Å². The number of ether oxygens (including phenoxy) is 1. The zero-order chi connectivity index (χ0) is 18.3. The van der Waals surface area contributed by atoms with Crippen molar-refractivity contribution in [3.63, 3.8) is 0 Å². The first kappa shape index (κ1) is 17.3. The Bertz CT molecular complexity index is 867. The fourth-order valence-corrected chi connectivity index (χ4v) is 5.10. The Kier molecular flexibility index (Phi) is 4.56. The van der Waals surface area contributed by atoms with Crippen LogP contribution in [-0.2, 0) is 30.4 Å². The summed E-state index contributed by atoms with van der Waals surface area (Å²) in [6.45, 7) is 4.26. The van der Waals surface area contributed by atoms with E-state index in [1.165, 1.54) is 16.2 Å². The highest BCUT2D eigenvalue weighted by atomic mass is 32.1. The van der Waals surface area contributed by atoms with Gasteiger partial charge in [0.2, 0.25) is 0 Å². The van der Waals surface area contributed by atoms with Gasteiger partial charge in [-0.2, -0.15) is 0 Å². The van der Waals surface area contributed by atoms with Crippen molar-refractivity contribution in [2.45, 2.75) is 52.4 Å². The molecule has 0 saturated heterocycles. The minimum atomic E-state index is -0.363. The van der Waals surface area contributed by atoms with Gasteiger partial charge in [0.1, 0.15) is 10.8 Å². The molecule has 0 aromatic carbocycles. The number of nitrogens with zero attached hydrogens (tertiary/aromatic N) is 1. The Hall–Kier alpha value is -2.15. The first-order valence-electron chi connectivity index (χ1n) is 9.18. The molecule has 1 N–H and O–H groups in total. The highest BCUT2D eigenvalue weighted by molar-refractivity contribution is 7.17. The van der Waals surface area contributed by atoms with E-state index in [9.17, 15) is 9.59 Å². The van der Waals surface area contributed by atoms with Crippen LogP contribution >= 0.6 is 11.3 Å². The second-order valence-corrected chi connectivity index (χ2v) is 8.12. The zero-order valence-corrected chi connectivity index (χ0v) is 15.8. The molecule has 7 heteroatoms. The van der Waals surface area contributed by atoms with E-state index < -0.39 is 0 Å². The molecule has 1 atom stereocenters. The van der Waals surface area contributed by atoms with E-state index in [0.717, 1.165) is 55.4 Å². The molecule has 2 heterocycles. The minimum absolute atomic E-state index is 0.311. The van der Waals surface area contributed by atoms with Crippen molar-refractivity contribution >= 4 is 28.2 Å². The Balaban J connectivity index is 1.63. The van der Waals surface area contributed by atoms with Crippen LogP contribution in [0.3, 0.4) is 0 Å². The van der Waals surface area contributed by atoms with Crippen LogP contribution in [0.2, 0.25) is 0 Å². The topological polar surface area (TPSA) is 81.4 Å². The number of hydrogen-bond donors (Lipinski definition) is 1. The van der Waals surface area contributed by atoms with Gasteiger partial charge in [0.15, 0.2) is 5.69 Å². The van der Waals surface area contributed by atoms with E-state index in [4.69, 9.17) is 9.26 Å². The van der Waals surface area contributed by atoms with Gasteiger partial charge in [-0.1, -0.05) is 12.1 Å². The molecule has 2 aliphatic carbocycles. The maximum atomic E-state index is 12.8. The first-order valence-corrected chi connectivity index (χ1v) is 10.0. The first-order chi connectivity index (χ1) is 12.6. The lowest BCUT2D eigenvalue weighted by Gasteiger charge is -2.16. The largest absolute Gasteiger partial charge is 0.462 e. The monoisotopic (exact) mass is 374 g/mol. The molecule has 0 unspecified atom stereocenters. The van der Waals surface area contributed by atoms with E-state index in [1.54, 1.807) is 6.92 Å². The van der Waals surface area contributed by atoms with Gasteiger partial charge in [0, 0.05) is 16.9 Å². The summed E-state index contributed by atoms with van der Waals surface area (Å²) in [4.78, 5) is 26.4. The molecule has 0 fully saturated rings. The lowest BCUT2D eigenvalue weighted by Crippen LogP contribution is -2.19. The molecule has 6 nitrogen and oxygen atoms in total. The lowest BCUT2D eigenvalue weighted by molar-refractivity contribution is 0.0527. The van der Waals surface area contributed by atoms with E-state index in [1.807, 2.05) is 0 Å². The average molecular weight is 374 g/mol. The maximum Gasteiger partial charge on any atom is 0.341 e. The number of carbonyl (C=O) groups excluding carboxylic acids is 2. The van der Waals surface area contributed by atoms with Crippen LogP contribution < -0.4 is 5.32 Å². The molecule has 1 amide bonds. The van der Waals surface area contributed by atoms with E-state index in [0.29, 0.717) is 28.8 Å². The molecular formula is C19H22N2O4S. The SMILES string of the molecule is CCOC(=O)c1c(NC(=O)c2noc3c2C[C@H](C)CC3)sc2c1CCC2. The Morgan fingerprint density at radius 2 is 2.15 bits per heavy atom. The quantitative estimate of drug-likeness (QED) is 0.824. The van der Waals surface area contributed by atoms with Crippen molar-refractivity contribution in [2.24, 2.45) is 5.92 Å². The van der Waals surface area contributed by atoms with Crippen LogP contribution in [0.25, 0.3) is 0 Å². The summed E-state index contributed by atoms with van der Waals surface area (Å²) in [5.41, 5.74) is 2.79. The standard InChI is InChI=1S/C19H22N2O4S/c1-3-24-19(23)15-11-5-4-6-14(11)26-18(15)20-17(22)16-12-9-10(2)7-8-13(12)25-21-16/h10H,3-9H2,1-2H3,(H,20,22)/t10-/m1/s1. The fourth-order valence-electron chi connectivity index (χ4n) is 3.83. The highest BCUT2D eigenvalue weighted by Crippen LogP contribution is 2.40. The van der Waals surface area contributed by atoms with E-state index in [-0.39, 0.29) is 11.9 Å². The van der Waals surface area contributed by atoms with Crippen molar-refractivity contribution in [1.29, 1.82) is 0 Å². The van der Waals surface area contributed by atoms with Crippen LogP contribution in [0.15, 0.2) is 4.52 Å². The third-order valence-electron chi connectivity index (χ3n) is 5.13. The summed E-state index contributed by atoms with van der Waals surface area (Å²) in [6, 6.07) is 0. The summed E-state index contributed by atoms with van der Waals surface area (Å²) < 4.78 is 10.6. The molecule has 0 aliphatic heterocycles. The van der Waals surface area contributed by atoms with Gasteiger partial charge in [0.25, 0.3) is 5.91 Å². The summed E-state index contributed by atoms with van der Waals surface area (Å²) >= 11 is 1.48. The Labute approximate surface area is 155 Å². The van der Waals surface area contributed by atoms with Gasteiger partial charge in [-0.15, -0.1) is 11.3 Å². The number of amides is 1. The van der Waals surface area contributed by atoms with Crippen LogP contribution in [-0.4, -0.2) is 23.6 Å². The average Bonchev–Trinajstić information content (AvgIpc) is 3.28. The molecule has 0 spiro atoms. The number of aromatic nitrogens is 1. The van der Waals surface area contributed by atoms with Crippen LogP contribution in [0.5, 0.6) is 0 Å². The third-order valence-corrected chi connectivity index (χ3v) is 6.34. The summed E-state index contributed by atoms with van der Waals surface area (Å²) in [5, 5.41) is 7.48. The van der Waals surface area contributed by atoms with Crippen molar-refractivity contribution in [3.8, 4) is 0 Å². The number of anilines is 1. The molecule has 2 aromatic rings. The van der Waals surface area contributed by atoms with Crippen LogP contribution in [0.1, 0.15) is 69.3 Å². The summed E-state index contributed by atoms with van der Waals surface area (Å²) in [6.07, 6.45) is 5.50. The predicted molar refractivity (Wildman–Crippen MR) is 97.9 cm³/mol. The van der Waals surface area contributed by atoms with Gasteiger partial charge >= 0.3 is 5.97 Å². The van der Waals surface area contributed by atoms with Gasteiger partial charge < -0.3 is 14.6 Å². The van der Waals surface area contributed by atoms with Crippen LogP contribution in [0.4, 0.5) is 5.00 Å². The van der Waals surface area contributed by atoms with Gasteiger partial charge in [0.05, 0.1) is 12.2 Å². The second-order valence-electron chi connectivity index (χ2n) is 7.02. The smallest absolute Gasteiger partial charge is 0.341 e. The number of rotatable bonds is 4. The highest BCUT2D eigenvalue weighted by Gasteiger charge is 2.31.